The Bertz CT molecular complexity index is 784. The van der Waals surface area contributed by atoms with Gasteiger partial charge < -0.3 is 19.5 Å². The van der Waals surface area contributed by atoms with E-state index in [1.165, 1.54) is 11.8 Å². The molecule has 0 bridgehead atoms. The molecule has 0 atom stereocenters. The molecular formula is C18H24N4O3S. The van der Waals surface area contributed by atoms with Crippen molar-refractivity contribution >= 4 is 34.8 Å². The lowest BCUT2D eigenvalue weighted by molar-refractivity contribution is -0.119. The van der Waals surface area contributed by atoms with Gasteiger partial charge in [0, 0.05) is 26.2 Å². The maximum Gasteiger partial charge on any atom is 0.409 e. The zero-order valence-corrected chi connectivity index (χ0v) is 15.9. The molecule has 140 valence electrons. The van der Waals surface area contributed by atoms with Crippen LogP contribution in [0.4, 0.5) is 4.79 Å². The number of thioether (sulfide) groups is 1. The van der Waals surface area contributed by atoms with Crippen LogP contribution in [0.3, 0.4) is 0 Å². The fourth-order valence-electron chi connectivity index (χ4n) is 3.07. The highest BCUT2D eigenvalue weighted by atomic mass is 32.2. The van der Waals surface area contributed by atoms with Crippen molar-refractivity contribution < 1.29 is 14.3 Å². The average Bonchev–Trinajstić information content (AvgIpc) is 2.97. The van der Waals surface area contributed by atoms with Gasteiger partial charge in [0.1, 0.15) is 0 Å². The molecule has 0 saturated carbocycles. The van der Waals surface area contributed by atoms with Crippen LogP contribution in [-0.4, -0.2) is 57.9 Å². The highest BCUT2D eigenvalue weighted by Gasteiger charge is 2.24. The number of benzene rings is 1. The van der Waals surface area contributed by atoms with Crippen molar-refractivity contribution in [3.63, 3.8) is 0 Å². The first kappa shape index (κ1) is 18.6. The van der Waals surface area contributed by atoms with E-state index in [1.54, 1.807) is 11.8 Å². The standard InChI is InChI=1S/C18H24N4O3S/c1-3-25-18(24)22-10-8-13(9-11-22)19-16(23)12-26-17-20-14-6-4-5-7-15(14)21(17)2/h4-7,13H,3,8-12H2,1-2H3,(H,19,23). The summed E-state index contributed by atoms with van der Waals surface area (Å²) in [4.78, 5) is 30.2. The minimum Gasteiger partial charge on any atom is -0.450 e. The fourth-order valence-corrected chi connectivity index (χ4v) is 3.87. The number of aryl methyl sites for hydroxylation is 1. The van der Waals surface area contributed by atoms with Gasteiger partial charge >= 0.3 is 6.09 Å². The molecule has 1 saturated heterocycles. The Morgan fingerprint density at radius 2 is 2.04 bits per heavy atom. The molecule has 3 rings (SSSR count). The number of carbonyl (C=O) groups excluding carboxylic acids is 2. The van der Waals surface area contributed by atoms with E-state index in [2.05, 4.69) is 10.3 Å². The quantitative estimate of drug-likeness (QED) is 0.811. The third-order valence-corrected chi connectivity index (χ3v) is 5.49. The van der Waals surface area contributed by atoms with Crippen LogP contribution in [0.2, 0.25) is 0 Å². The summed E-state index contributed by atoms with van der Waals surface area (Å²) in [6.45, 7) is 3.41. The maximum atomic E-state index is 12.3. The Balaban J connectivity index is 1.46. The first-order valence-electron chi connectivity index (χ1n) is 8.83. The number of likely N-dealkylation sites (tertiary alicyclic amines) is 1. The number of para-hydroxylation sites is 2. The van der Waals surface area contributed by atoms with Crippen LogP contribution in [0.15, 0.2) is 29.4 Å². The van der Waals surface area contributed by atoms with E-state index in [-0.39, 0.29) is 18.0 Å². The van der Waals surface area contributed by atoms with Crippen LogP contribution >= 0.6 is 11.8 Å². The zero-order valence-electron chi connectivity index (χ0n) is 15.1. The summed E-state index contributed by atoms with van der Waals surface area (Å²) in [7, 11) is 1.96. The molecular weight excluding hydrogens is 352 g/mol. The number of ether oxygens (including phenoxy) is 1. The molecule has 1 aliphatic heterocycles. The van der Waals surface area contributed by atoms with Crippen molar-refractivity contribution in [2.24, 2.45) is 7.05 Å². The third-order valence-electron chi connectivity index (χ3n) is 4.46. The second-order valence-corrected chi connectivity index (χ2v) is 7.20. The number of imidazole rings is 1. The minimum absolute atomic E-state index is 0.00311. The monoisotopic (exact) mass is 376 g/mol. The second-order valence-electron chi connectivity index (χ2n) is 6.26. The molecule has 2 heterocycles. The van der Waals surface area contributed by atoms with Gasteiger partial charge in [0.15, 0.2) is 5.16 Å². The number of hydrogen-bond acceptors (Lipinski definition) is 5. The van der Waals surface area contributed by atoms with Crippen LogP contribution in [0.25, 0.3) is 11.0 Å². The molecule has 1 aromatic carbocycles. The Morgan fingerprint density at radius 1 is 1.31 bits per heavy atom. The molecule has 2 aromatic rings. The summed E-state index contributed by atoms with van der Waals surface area (Å²) in [6, 6.07) is 8.03. The van der Waals surface area contributed by atoms with E-state index in [1.807, 2.05) is 35.9 Å². The summed E-state index contributed by atoms with van der Waals surface area (Å²) < 4.78 is 7.01. The van der Waals surface area contributed by atoms with E-state index in [4.69, 9.17) is 4.74 Å². The number of carbonyl (C=O) groups is 2. The smallest absolute Gasteiger partial charge is 0.409 e. The summed E-state index contributed by atoms with van der Waals surface area (Å²) in [5.74, 6) is 0.326. The van der Waals surface area contributed by atoms with Crippen molar-refractivity contribution in [2.45, 2.75) is 31.0 Å². The molecule has 8 heteroatoms. The maximum absolute atomic E-state index is 12.3. The predicted octanol–water partition coefficient (Wildman–Crippen LogP) is 2.40. The largest absolute Gasteiger partial charge is 0.450 e. The lowest BCUT2D eigenvalue weighted by atomic mass is 10.1. The fraction of sp³-hybridized carbons (Fsp3) is 0.500. The van der Waals surface area contributed by atoms with Gasteiger partial charge in [0.25, 0.3) is 0 Å². The molecule has 0 aliphatic carbocycles. The summed E-state index contributed by atoms with van der Waals surface area (Å²) >= 11 is 1.44. The summed E-state index contributed by atoms with van der Waals surface area (Å²) in [6.07, 6.45) is 1.23. The van der Waals surface area contributed by atoms with Gasteiger partial charge in [-0.05, 0) is 31.9 Å². The molecule has 1 aliphatic rings. The second kappa shape index (κ2) is 8.44. The molecule has 1 fully saturated rings. The summed E-state index contributed by atoms with van der Waals surface area (Å²) in [5.41, 5.74) is 1.99. The Kier molecular flexibility index (Phi) is 6.03. The van der Waals surface area contributed by atoms with Crippen LogP contribution in [0.5, 0.6) is 0 Å². The van der Waals surface area contributed by atoms with E-state index < -0.39 is 0 Å². The van der Waals surface area contributed by atoms with Crippen molar-refractivity contribution in [1.82, 2.24) is 19.8 Å². The van der Waals surface area contributed by atoms with Gasteiger partial charge in [-0.2, -0.15) is 0 Å². The van der Waals surface area contributed by atoms with Gasteiger partial charge in [-0.25, -0.2) is 9.78 Å². The Labute approximate surface area is 157 Å². The molecule has 1 N–H and O–H groups in total. The van der Waals surface area contributed by atoms with Crippen LogP contribution in [0.1, 0.15) is 19.8 Å². The van der Waals surface area contributed by atoms with E-state index in [0.29, 0.717) is 25.4 Å². The van der Waals surface area contributed by atoms with E-state index >= 15 is 0 Å². The number of fused-ring (bicyclic) bond motifs is 1. The Morgan fingerprint density at radius 3 is 2.73 bits per heavy atom. The van der Waals surface area contributed by atoms with Gasteiger partial charge in [0.2, 0.25) is 5.91 Å². The lowest BCUT2D eigenvalue weighted by Crippen LogP contribution is -2.47. The van der Waals surface area contributed by atoms with Crippen LogP contribution < -0.4 is 5.32 Å². The number of nitrogens with one attached hydrogen (secondary N) is 1. The van der Waals surface area contributed by atoms with Crippen molar-refractivity contribution in [3.05, 3.63) is 24.3 Å². The molecule has 0 radical (unpaired) electrons. The molecule has 0 spiro atoms. The predicted molar refractivity (Wildman–Crippen MR) is 101 cm³/mol. The van der Waals surface area contributed by atoms with Gasteiger partial charge in [0.05, 0.1) is 23.4 Å². The Hall–Kier alpha value is -2.22. The van der Waals surface area contributed by atoms with Crippen LogP contribution in [0, 0.1) is 0 Å². The summed E-state index contributed by atoms with van der Waals surface area (Å²) in [5, 5.41) is 3.89. The van der Waals surface area contributed by atoms with Gasteiger partial charge in [-0.1, -0.05) is 23.9 Å². The molecule has 1 aromatic heterocycles. The van der Waals surface area contributed by atoms with Crippen molar-refractivity contribution in [2.75, 3.05) is 25.4 Å². The topological polar surface area (TPSA) is 76.5 Å². The van der Waals surface area contributed by atoms with Gasteiger partial charge in [-0.3, -0.25) is 4.79 Å². The zero-order chi connectivity index (χ0) is 18.5. The number of aromatic nitrogens is 2. The van der Waals surface area contributed by atoms with Crippen molar-refractivity contribution in [3.8, 4) is 0 Å². The first-order valence-corrected chi connectivity index (χ1v) is 9.82. The van der Waals surface area contributed by atoms with E-state index in [9.17, 15) is 9.59 Å². The van der Waals surface area contributed by atoms with Gasteiger partial charge in [-0.15, -0.1) is 0 Å². The number of rotatable bonds is 5. The average molecular weight is 376 g/mol. The molecule has 26 heavy (non-hydrogen) atoms. The minimum atomic E-state index is -0.269. The molecule has 7 nitrogen and oxygen atoms in total. The highest BCUT2D eigenvalue weighted by molar-refractivity contribution is 7.99. The van der Waals surface area contributed by atoms with E-state index in [0.717, 1.165) is 29.0 Å². The van der Waals surface area contributed by atoms with Crippen molar-refractivity contribution in [1.29, 1.82) is 0 Å². The normalized spacial score (nSPS) is 15.2. The van der Waals surface area contributed by atoms with Crippen LogP contribution in [-0.2, 0) is 16.6 Å². The molecule has 0 unspecified atom stereocenters. The number of hydrogen-bond donors (Lipinski definition) is 1. The highest BCUT2D eigenvalue weighted by Crippen LogP contribution is 2.22. The number of amides is 2. The number of nitrogens with zero attached hydrogens (tertiary/aromatic N) is 3. The SMILES string of the molecule is CCOC(=O)N1CCC(NC(=O)CSc2nc3ccccc3n2C)CC1. The first-order chi connectivity index (χ1) is 12.6. The lowest BCUT2D eigenvalue weighted by Gasteiger charge is -2.31. The third kappa shape index (κ3) is 4.30. The number of piperidine rings is 1. The molecule has 2 amide bonds.